The molecule has 0 aromatic carbocycles. The number of aliphatic hydroxyl groups is 2. The van der Waals surface area contributed by atoms with Crippen LogP contribution in [0.2, 0.25) is 0 Å². The van der Waals surface area contributed by atoms with Crippen LogP contribution in [0.25, 0.3) is 0 Å². The number of unbranched alkanes of at least 4 members (excludes halogenated alkanes) is 9. The van der Waals surface area contributed by atoms with Crippen LogP contribution in [0, 0.1) is 0 Å². The van der Waals surface area contributed by atoms with Gasteiger partial charge in [-0.25, -0.2) is 14.6 Å². The van der Waals surface area contributed by atoms with E-state index in [2.05, 4.69) is 22.2 Å². The van der Waals surface area contributed by atoms with Crippen molar-refractivity contribution < 1.29 is 38.4 Å². The van der Waals surface area contributed by atoms with Gasteiger partial charge in [0.05, 0.1) is 12.2 Å². The lowest BCUT2D eigenvalue weighted by atomic mass is 9.98. The maximum Gasteiger partial charge on any atom is 0.355 e. The summed E-state index contributed by atoms with van der Waals surface area (Å²) in [6.45, 7) is 1.30. The van der Waals surface area contributed by atoms with Crippen molar-refractivity contribution in [1.29, 1.82) is 0 Å². The predicted octanol–water partition coefficient (Wildman–Crippen LogP) is 3.94. The number of alkyl halides is 2. The molecule has 0 bridgehead atoms. The van der Waals surface area contributed by atoms with Gasteiger partial charge in [0.2, 0.25) is 6.23 Å². The van der Waals surface area contributed by atoms with Crippen molar-refractivity contribution in [2.24, 2.45) is 0 Å². The third kappa shape index (κ3) is 8.14. The van der Waals surface area contributed by atoms with Gasteiger partial charge in [0.25, 0.3) is 5.91 Å². The summed E-state index contributed by atoms with van der Waals surface area (Å²) in [4.78, 5) is 44.9. The molecule has 1 amide bonds. The third-order valence-corrected chi connectivity index (χ3v) is 7.15. The first kappa shape index (κ1) is 32.2. The molecule has 2 aromatic heterocycles. The molecule has 41 heavy (non-hydrogen) atoms. The fourth-order valence-electron chi connectivity index (χ4n) is 4.89. The minimum atomic E-state index is -3.89. The number of aromatic carboxylic acids is 1. The van der Waals surface area contributed by atoms with Crippen molar-refractivity contribution in [1.82, 2.24) is 14.5 Å². The Bertz CT molecular complexity index is 1240. The lowest BCUT2D eigenvalue weighted by molar-refractivity contribution is -0.140. The number of halogens is 2. The topological polar surface area (TPSA) is 164 Å². The molecule has 1 fully saturated rings. The molecule has 4 N–H and O–H groups in total. The summed E-state index contributed by atoms with van der Waals surface area (Å²) < 4.78 is 34.3. The van der Waals surface area contributed by atoms with Crippen LogP contribution in [0.15, 0.2) is 29.3 Å². The quantitative estimate of drug-likeness (QED) is 0.215. The number of anilines is 1. The summed E-state index contributed by atoms with van der Waals surface area (Å²) in [6, 6.07) is 2.64. The maximum absolute atomic E-state index is 14.4. The monoisotopic (exact) mass is 580 g/mol. The van der Waals surface area contributed by atoms with Crippen LogP contribution in [-0.2, 0) is 11.2 Å². The zero-order valence-electron chi connectivity index (χ0n) is 23.1. The van der Waals surface area contributed by atoms with Gasteiger partial charge in [-0.2, -0.15) is 13.8 Å². The van der Waals surface area contributed by atoms with Crippen LogP contribution in [0.4, 0.5) is 14.6 Å². The Balaban J connectivity index is 1.66. The van der Waals surface area contributed by atoms with Gasteiger partial charge in [-0.1, -0.05) is 64.7 Å². The van der Waals surface area contributed by atoms with Crippen molar-refractivity contribution >= 4 is 17.7 Å². The number of amides is 1. The van der Waals surface area contributed by atoms with E-state index >= 15 is 0 Å². The summed E-state index contributed by atoms with van der Waals surface area (Å²) >= 11 is 0. The van der Waals surface area contributed by atoms with Crippen LogP contribution in [0.5, 0.6) is 0 Å². The SMILES string of the molecule is CCCCCCCCCCCCc1ccnc(C(=O)O)c1C(=O)Nc1ccn([C@@H]2O[C@H](CO)[C@@H](O)C2(F)F)c(=O)n1. The highest BCUT2D eigenvalue weighted by molar-refractivity contribution is 6.10. The van der Waals surface area contributed by atoms with E-state index in [9.17, 15) is 33.4 Å². The van der Waals surface area contributed by atoms with Gasteiger partial charge >= 0.3 is 17.6 Å². The Hall–Kier alpha value is -3.29. The first-order valence-electron chi connectivity index (χ1n) is 14.1. The fourth-order valence-corrected chi connectivity index (χ4v) is 4.89. The molecule has 0 spiro atoms. The number of carboxylic acid groups (broad SMARTS) is 1. The van der Waals surface area contributed by atoms with E-state index in [-0.39, 0.29) is 11.4 Å². The summed E-state index contributed by atoms with van der Waals surface area (Å²) in [5.41, 5.74) is -1.36. The van der Waals surface area contributed by atoms with Crippen molar-refractivity contribution in [3.8, 4) is 0 Å². The van der Waals surface area contributed by atoms with E-state index < -0.39 is 54.2 Å². The van der Waals surface area contributed by atoms with Crippen molar-refractivity contribution in [3.05, 3.63) is 51.8 Å². The zero-order chi connectivity index (χ0) is 30.0. The van der Waals surface area contributed by atoms with Crippen LogP contribution >= 0.6 is 0 Å². The molecule has 3 heterocycles. The number of hydrogen-bond acceptors (Lipinski definition) is 8. The molecule has 0 aliphatic carbocycles. The normalized spacial score (nSPS) is 19.8. The lowest BCUT2D eigenvalue weighted by Crippen LogP contribution is -2.41. The Morgan fingerprint density at radius 2 is 1.71 bits per heavy atom. The van der Waals surface area contributed by atoms with Gasteiger partial charge in [-0.05, 0) is 30.5 Å². The van der Waals surface area contributed by atoms with E-state index in [1.165, 1.54) is 44.7 Å². The number of rotatable bonds is 16. The number of aryl methyl sites for hydroxylation is 1. The second kappa shape index (κ2) is 15.1. The Morgan fingerprint density at radius 1 is 1.07 bits per heavy atom. The van der Waals surface area contributed by atoms with E-state index in [1.54, 1.807) is 6.07 Å². The predicted molar refractivity (Wildman–Crippen MR) is 145 cm³/mol. The molecule has 2 aromatic rings. The molecule has 3 rings (SSSR count). The number of carbonyl (C=O) groups excluding carboxylic acids is 1. The molecular formula is C28H38F2N4O7. The lowest BCUT2D eigenvalue weighted by Gasteiger charge is -2.21. The number of carbonyl (C=O) groups is 2. The second-order valence-corrected chi connectivity index (χ2v) is 10.2. The highest BCUT2D eigenvalue weighted by atomic mass is 19.3. The average molecular weight is 581 g/mol. The highest BCUT2D eigenvalue weighted by Crippen LogP contribution is 2.42. The summed E-state index contributed by atoms with van der Waals surface area (Å²) in [7, 11) is 0. The van der Waals surface area contributed by atoms with Crippen LogP contribution < -0.4 is 11.0 Å². The Labute approximate surface area is 236 Å². The number of aromatic nitrogens is 3. The van der Waals surface area contributed by atoms with Crippen LogP contribution in [-0.4, -0.2) is 66.5 Å². The number of hydrogen-bond donors (Lipinski definition) is 4. The van der Waals surface area contributed by atoms with Crippen LogP contribution in [0.3, 0.4) is 0 Å². The molecule has 1 aliphatic heterocycles. The molecule has 11 nitrogen and oxygen atoms in total. The number of pyridine rings is 1. The molecule has 0 radical (unpaired) electrons. The van der Waals surface area contributed by atoms with E-state index in [0.29, 0.717) is 16.6 Å². The minimum Gasteiger partial charge on any atom is -0.476 e. The molecule has 0 unspecified atom stereocenters. The largest absolute Gasteiger partial charge is 0.476 e. The standard InChI is InChI=1S/C28H38F2N4O7/c1-2-3-4-5-6-7-8-9-10-11-12-18-13-15-31-22(25(38)39)21(18)24(37)32-20-14-16-34(27(40)33-20)26-28(29,30)23(36)19(17-35)41-26/h13-16,19,23,26,35-36H,2-12,17H2,1H3,(H,38,39)(H,32,33,37,40)/t19-,23-,26-/m1/s1. The third-order valence-electron chi connectivity index (χ3n) is 7.15. The average Bonchev–Trinajstić information content (AvgIpc) is 3.17. The molecule has 13 heteroatoms. The number of carboxylic acids is 1. The van der Waals surface area contributed by atoms with E-state index in [4.69, 9.17) is 9.84 Å². The minimum absolute atomic E-state index is 0.165. The molecular weight excluding hydrogens is 542 g/mol. The van der Waals surface area contributed by atoms with Crippen molar-refractivity contribution in [3.63, 3.8) is 0 Å². The zero-order valence-corrected chi connectivity index (χ0v) is 23.1. The first-order chi connectivity index (χ1) is 19.6. The van der Waals surface area contributed by atoms with Crippen molar-refractivity contribution in [2.45, 2.75) is 102 Å². The van der Waals surface area contributed by atoms with E-state index in [0.717, 1.165) is 37.9 Å². The summed E-state index contributed by atoms with van der Waals surface area (Å²) in [5, 5.41) is 30.9. The van der Waals surface area contributed by atoms with Gasteiger partial charge in [0.1, 0.15) is 11.9 Å². The molecule has 1 saturated heterocycles. The highest BCUT2D eigenvalue weighted by Gasteiger charge is 2.59. The first-order valence-corrected chi connectivity index (χ1v) is 14.1. The summed E-state index contributed by atoms with van der Waals surface area (Å²) in [6.07, 6.45) is 7.72. The Kier molecular flexibility index (Phi) is 11.9. The maximum atomic E-state index is 14.4. The molecule has 0 saturated carbocycles. The number of ether oxygens (including phenoxy) is 1. The van der Waals surface area contributed by atoms with Gasteiger partial charge < -0.3 is 25.4 Å². The number of nitrogens with one attached hydrogen (secondary N) is 1. The number of nitrogens with zero attached hydrogens (tertiary/aromatic N) is 3. The molecule has 1 aliphatic rings. The molecule has 226 valence electrons. The van der Waals surface area contributed by atoms with Crippen LogP contribution in [0.1, 0.15) is 104 Å². The smallest absolute Gasteiger partial charge is 0.355 e. The summed E-state index contributed by atoms with van der Waals surface area (Å²) in [5.74, 6) is -6.46. The van der Waals surface area contributed by atoms with Gasteiger partial charge in [0, 0.05) is 12.4 Å². The second-order valence-electron chi connectivity index (χ2n) is 10.2. The van der Waals surface area contributed by atoms with Gasteiger partial charge in [-0.15, -0.1) is 0 Å². The molecule has 3 atom stereocenters. The van der Waals surface area contributed by atoms with Gasteiger partial charge in [0.15, 0.2) is 11.8 Å². The van der Waals surface area contributed by atoms with E-state index in [1.807, 2.05) is 0 Å². The van der Waals surface area contributed by atoms with Crippen molar-refractivity contribution in [2.75, 3.05) is 11.9 Å². The fraction of sp³-hybridized carbons (Fsp3) is 0.607. The Morgan fingerprint density at radius 3 is 2.27 bits per heavy atom. The van der Waals surface area contributed by atoms with Gasteiger partial charge in [-0.3, -0.25) is 9.36 Å². The number of aliphatic hydroxyl groups excluding tert-OH is 2.